The number of imidazole rings is 1. The molecule has 2 aromatic heterocycles. The number of halogens is 3. The van der Waals surface area contributed by atoms with Crippen LogP contribution in [0.15, 0.2) is 40.0 Å². The van der Waals surface area contributed by atoms with E-state index in [4.69, 9.17) is 20.7 Å². The molecule has 14 heteroatoms. The van der Waals surface area contributed by atoms with Crippen LogP contribution in [0.2, 0.25) is 0 Å². The van der Waals surface area contributed by atoms with E-state index in [0.29, 0.717) is 48.9 Å². The van der Waals surface area contributed by atoms with Crippen molar-refractivity contribution < 1.29 is 8.42 Å². The van der Waals surface area contributed by atoms with Gasteiger partial charge in [0.15, 0.2) is 17.0 Å². The summed E-state index contributed by atoms with van der Waals surface area (Å²) in [7, 11) is -3.52. The van der Waals surface area contributed by atoms with Gasteiger partial charge in [-0.3, -0.25) is 0 Å². The standard InChI is InChI=1S/C27H37BrN8O2S.2ClH/c28-18-5-11-23(12-6-18)39(37,38)35-15-13-21(14-16-35)31-25-24-26(36(17-30-24)22-3-1-2-4-22)34-27(33-25)32-20-9-7-19(29)8-10-20;;/h5-6,11-12,17,19-22H,1-4,7-10,13-16,29H2,(H2,31,32,33,34);2*1H. The van der Waals surface area contributed by atoms with E-state index in [1.165, 1.54) is 12.8 Å². The molecule has 226 valence electrons. The third-order valence-electron chi connectivity index (χ3n) is 8.49. The molecule has 2 aliphatic carbocycles. The minimum Gasteiger partial charge on any atom is -0.365 e. The van der Waals surface area contributed by atoms with Crippen molar-refractivity contribution in [1.29, 1.82) is 0 Å². The SMILES string of the molecule is Cl.Cl.NC1CCC(Nc2nc(NC3CCN(S(=O)(=O)c4ccc(Br)cc4)CC3)c3ncn(C4CCCC4)c3n2)CC1. The van der Waals surface area contributed by atoms with Gasteiger partial charge in [-0.1, -0.05) is 28.8 Å². The van der Waals surface area contributed by atoms with Crippen LogP contribution < -0.4 is 16.4 Å². The molecule has 1 saturated heterocycles. The molecular formula is C27H39BrCl2N8O2S. The molecule has 0 radical (unpaired) electrons. The maximum atomic E-state index is 13.2. The maximum absolute atomic E-state index is 13.2. The summed E-state index contributed by atoms with van der Waals surface area (Å²) in [6.45, 7) is 0.905. The first-order valence-electron chi connectivity index (χ1n) is 14.2. The van der Waals surface area contributed by atoms with E-state index in [-0.39, 0.29) is 36.9 Å². The van der Waals surface area contributed by atoms with Gasteiger partial charge in [0.2, 0.25) is 16.0 Å². The van der Waals surface area contributed by atoms with Crippen molar-refractivity contribution in [2.45, 2.75) is 93.3 Å². The van der Waals surface area contributed by atoms with Gasteiger partial charge >= 0.3 is 0 Å². The molecule has 3 aliphatic rings. The van der Waals surface area contributed by atoms with Crippen LogP contribution >= 0.6 is 40.7 Å². The quantitative estimate of drug-likeness (QED) is 0.297. The van der Waals surface area contributed by atoms with Gasteiger partial charge in [-0.05, 0) is 75.6 Å². The number of hydrogen-bond donors (Lipinski definition) is 3. The molecule has 6 rings (SSSR count). The van der Waals surface area contributed by atoms with Gasteiger partial charge in [0, 0.05) is 41.7 Å². The summed E-state index contributed by atoms with van der Waals surface area (Å²) in [6.07, 6.45) is 12.1. The fourth-order valence-electron chi connectivity index (χ4n) is 6.17. The van der Waals surface area contributed by atoms with Crippen molar-refractivity contribution in [2.24, 2.45) is 5.73 Å². The summed E-state index contributed by atoms with van der Waals surface area (Å²) in [6, 6.07) is 7.93. The lowest BCUT2D eigenvalue weighted by Crippen LogP contribution is -2.42. The van der Waals surface area contributed by atoms with E-state index in [9.17, 15) is 8.42 Å². The van der Waals surface area contributed by atoms with E-state index < -0.39 is 10.0 Å². The Bertz CT molecular complexity index is 1400. The van der Waals surface area contributed by atoms with E-state index in [1.807, 2.05) is 6.33 Å². The molecule has 3 fully saturated rings. The van der Waals surface area contributed by atoms with Crippen molar-refractivity contribution in [1.82, 2.24) is 23.8 Å². The maximum Gasteiger partial charge on any atom is 0.243 e. The van der Waals surface area contributed by atoms with Crippen molar-refractivity contribution in [3.05, 3.63) is 35.1 Å². The Labute approximate surface area is 262 Å². The molecule has 3 aromatic rings. The number of piperidine rings is 1. The Hall–Kier alpha value is -1.70. The second kappa shape index (κ2) is 13.7. The molecule has 0 atom stereocenters. The van der Waals surface area contributed by atoms with E-state index in [1.54, 1.807) is 28.6 Å². The highest BCUT2D eigenvalue weighted by atomic mass is 79.9. The third-order valence-corrected chi connectivity index (χ3v) is 10.9. The van der Waals surface area contributed by atoms with Crippen LogP contribution in [0.25, 0.3) is 11.2 Å². The predicted octanol–water partition coefficient (Wildman–Crippen LogP) is 5.49. The zero-order valence-corrected chi connectivity index (χ0v) is 26.9. The van der Waals surface area contributed by atoms with Gasteiger partial charge < -0.3 is 20.9 Å². The summed E-state index contributed by atoms with van der Waals surface area (Å²) < 4.78 is 31.0. The van der Waals surface area contributed by atoms with Crippen molar-refractivity contribution in [3.63, 3.8) is 0 Å². The number of nitrogens with zero attached hydrogens (tertiary/aromatic N) is 5. The van der Waals surface area contributed by atoms with Crippen LogP contribution in [0.3, 0.4) is 0 Å². The van der Waals surface area contributed by atoms with Crippen LogP contribution in [0.1, 0.15) is 70.3 Å². The fourth-order valence-corrected chi connectivity index (χ4v) is 7.90. The lowest BCUT2D eigenvalue weighted by molar-refractivity contribution is 0.329. The third kappa shape index (κ3) is 7.10. The molecule has 0 unspecified atom stereocenters. The minimum absolute atomic E-state index is 0. The number of aromatic nitrogens is 4. The van der Waals surface area contributed by atoms with E-state index in [2.05, 4.69) is 31.1 Å². The first-order chi connectivity index (χ1) is 18.9. The number of benzene rings is 1. The van der Waals surface area contributed by atoms with Gasteiger partial charge in [-0.2, -0.15) is 14.3 Å². The van der Waals surface area contributed by atoms with E-state index in [0.717, 1.165) is 60.0 Å². The van der Waals surface area contributed by atoms with Crippen molar-refractivity contribution >= 4 is 73.7 Å². The molecule has 0 bridgehead atoms. The molecule has 2 saturated carbocycles. The Morgan fingerprint density at radius 1 is 0.854 bits per heavy atom. The molecule has 41 heavy (non-hydrogen) atoms. The largest absolute Gasteiger partial charge is 0.365 e. The van der Waals surface area contributed by atoms with Crippen molar-refractivity contribution in [3.8, 4) is 0 Å². The monoisotopic (exact) mass is 688 g/mol. The average Bonchev–Trinajstić information content (AvgIpc) is 3.61. The first-order valence-corrected chi connectivity index (χ1v) is 16.4. The Kier molecular flexibility index (Phi) is 10.8. The van der Waals surface area contributed by atoms with Crippen LogP contribution in [-0.4, -0.2) is 63.5 Å². The van der Waals surface area contributed by atoms with E-state index >= 15 is 0 Å². The Balaban J connectivity index is 0.00000194. The van der Waals surface area contributed by atoms with Crippen LogP contribution in [0, 0.1) is 0 Å². The zero-order valence-electron chi connectivity index (χ0n) is 22.9. The lowest BCUT2D eigenvalue weighted by Gasteiger charge is -2.32. The van der Waals surface area contributed by atoms with Crippen LogP contribution in [0.5, 0.6) is 0 Å². The number of hydrogen-bond acceptors (Lipinski definition) is 8. The average molecular weight is 691 g/mol. The number of nitrogens with one attached hydrogen (secondary N) is 2. The summed E-state index contributed by atoms with van der Waals surface area (Å²) in [4.78, 5) is 14.9. The molecule has 0 amide bonds. The van der Waals surface area contributed by atoms with Gasteiger partial charge in [-0.25, -0.2) is 13.4 Å². The number of anilines is 2. The number of nitrogens with two attached hydrogens (primary N) is 1. The van der Waals surface area contributed by atoms with Gasteiger partial charge in [-0.15, -0.1) is 24.8 Å². The molecule has 1 aliphatic heterocycles. The Morgan fingerprint density at radius 3 is 2.15 bits per heavy atom. The normalized spacial score (nSPS) is 22.7. The number of rotatable bonds is 7. The highest BCUT2D eigenvalue weighted by molar-refractivity contribution is 9.10. The molecule has 0 spiro atoms. The summed E-state index contributed by atoms with van der Waals surface area (Å²) in [5, 5.41) is 7.20. The zero-order chi connectivity index (χ0) is 27.0. The fraction of sp³-hybridized carbons (Fsp3) is 0.593. The molecule has 3 heterocycles. The first kappa shape index (κ1) is 32.2. The van der Waals surface area contributed by atoms with Crippen LogP contribution in [-0.2, 0) is 10.0 Å². The molecule has 4 N–H and O–H groups in total. The second-order valence-electron chi connectivity index (χ2n) is 11.2. The predicted molar refractivity (Wildman–Crippen MR) is 171 cm³/mol. The van der Waals surface area contributed by atoms with Crippen molar-refractivity contribution in [2.75, 3.05) is 23.7 Å². The Morgan fingerprint density at radius 2 is 1.49 bits per heavy atom. The van der Waals surface area contributed by atoms with Crippen LogP contribution in [0.4, 0.5) is 11.8 Å². The molecule has 1 aromatic carbocycles. The van der Waals surface area contributed by atoms with Gasteiger partial charge in [0.25, 0.3) is 0 Å². The highest BCUT2D eigenvalue weighted by Crippen LogP contribution is 2.34. The lowest BCUT2D eigenvalue weighted by atomic mass is 9.92. The highest BCUT2D eigenvalue weighted by Gasteiger charge is 2.31. The van der Waals surface area contributed by atoms with Gasteiger partial charge in [0.1, 0.15) is 0 Å². The molecule has 10 nitrogen and oxygen atoms in total. The number of fused-ring (bicyclic) bond motifs is 1. The minimum atomic E-state index is -3.52. The smallest absolute Gasteiger partial charge is 0.243 e. The van der Waals surface area contributed by atoms with Gasteiger partial charge in [0.05, 0.1) is 11.2 Å². The number of sulfonamides is 1. The summed E-state index contributed by atoms with van der Waals surface area (Å²) in [5.41, 5.74) is 7.77. The second-order valence-corrected chi connectivity index (χ2v) is 14.0. The summed E-state index contributed by atoms with van der Waals surface area (Å²) >= 11 is 3.38. The topological polar surface area (TPSA) is 131 Å². The molecular weight excluding hydrogens is 651 g/mol. The summed E-state index contributed by atoms with van der Waals surface area (Å²) in [5.74, 6) is 1.35.